The van der Waals surface area contributed by atoms with E-state index in [-0.39, 0.29) is 11.2 Å². The van der Waals surface area contributed by atoms with Crippen molar-refractivity contribution in [1.29, 1.82) is 0 Å². The lowest BCUT2D eigenvalue weighted by molar-refractivity contribution is -0.118. The molecule has 3 aromatic rings. The zero-order valence-electron chi connectivity index (χ0n) is 14.7. The molecule has 0 spiro atoms. The predicted molar refractivity (Wildman–Crippen MR) is 114 cm³/mol. The van der Waals surface area contributed by atoms with Gasteiger partial charge in [-0.05, 0) is 48.4 Å². The Balaban J connectivity index is 1.38. The maximum absolute atomic E-state index is 12.1. The summed E-state index contributed by atoms with van der Waals surface area (Å²) in [4.78, 5) is 12.1. The lowest BCUT2D eigenvalue weighted by Crippen LogP contribution is -2.25. The van der Waals surface area contributed by atoms with Gasteiger partial charge in [0.2, 0.25) is 5.91 Å². The van der Waals surface area contributed by atoms with Gasteiger partial charge in [0.05, 0.1) is 11.5 Å². The van der Waals surface area contributed by atoms with Gasteiger partial charge < -0.3 is 9.73 Å². The van der Waals surface area contributed by atoms with Crippen LogP contribution >= 0.6 is 23.4 Å². The molecule has 1 amide bonds. The van der Waals surface area contributed by atoms with Gasteiger partial charge in [-0.3, -0.25) is 4.79 Å². The summed E-state index contributed by atoms with van der Waals surface area (Å²) >= 11 is 7.29. The first-order chi connectivity index (χ1) is 13.7. The third kappa shape index (κ3) is 4.52. The van der Waals surface area contributed by atoms with E-state index < -0.39 is 0 Å². The van der Waals surface area contributed by atoms with Gasteiger partial charge in [0, 0.05) is 10.6 Å². The molecule has 0 aliphatic carbocycles. The van der Waals surface area contributed by atoms with Crippen LogP contribution in [0.15, 0.2) is 81.4 Å². The average molecular weight is 410 g/mol. The number of halogens is 1. The summed E-state index contributed by atoms with van der Waals surface area (Å²) in [5.74, 6) is 1.24. The van der Waals surface area contributed by atoms with Crippen LogP contribution in [-0.2, 0) is 11.2 Å². The van der Waals surface area contributed by atoms with Crippen molar-refractivity contribution in [2.75, 3.05) is 0 Å². The Morgan fingerprint density at radius 3 is 2.64 bits per heavy atom. The molecule has 0 saturated carbocycles. The molecule has 1 aromatic heterocycles. The molecule has 1 saturated heterocycles. The number of hydrogen-bond acceptors (Lipinski definition) is 5. The van der Waals surface area contributed by atoms with E-state index in [0.717, 1.165) is 16.9 Å². The van der Waals surface area contributed by atoms with E-state index in [0.29, 0.717) is 22.4 Å². The summed E-state index contributed by atoms with van der Waals surface area (Å²) in [6, 6.07) is 21.0. The molecular formula is C21H16ClN3O2S. The molecule has 0 radical (unpaired) electrons. The normalized spacial score (nSPS) is 18.1. The zero-order valence-corrected chi connectivity index (χ0v) is 16.3. The molecule has 140 valence electrons. The number of carbonyl (C=O) groups excluding carboxylic acids is 1. The molecule has 0 bridgehead atoms. The van der Waals surface area contributed by atoms with Crippen LogP contribution < -0.4 is 5.32 Å². The van der Waals surface area contributed by atoms with Crippen LogP contribution in [-0.4, -0.2) is 22.5 Å². The van der Waals surface area contributed by atoms with Crippen LogP contribution in [0.1, 0.15) is 11.3 Å². The van der Waals surface area contributed by atoms with Crippen molar-refractivity contribution in [3.05, 3.63) is 83.1 Å². The summed E-state index contributed by atoms with van der Waals surface area (Å²) in [6.07, 6.45) is 2.17. The standard InChI is InChI=1S/C21H16ClN3O2S/c22-16-8-6-15(7-9-16)18-11-10-17(27-18)13-23-25-21-24-20(26)19(28-21)12-14-4-2-1-3-5-14/h1-11,13,19H,12H2,(H,24,25,26)/b23-13-/t19-/m0/s1. The summed E-state index contributed by atoms with van der Waals surface area (Å²) < 4.78 is 5.74. The number of amidine groups is 1. The SMILES string of the molecule is O=C1N/C(=N\N=C/c2ccc(-c3ccc(Cl)cc3)o2)S[C@H]1Cc1ccccc1. The highest BCUT2D eigenvalue weighted by molar-refractivity contribution is 8.15. The van der Waals surface area contributed by atoms with Crippen LogP contribution in [0.25, 0.3) is 11.3 Å². The Morgan fingerprint density at radius 1 is 1.07 bits per heavy atom. The van der Waals surface area contributed by atoms with E-state index in [9.17, 15) is 4.79 Å². The molecule has 1 aliphatic heterocycles. The van der Waals surface area contributed by atoms with E-state index in [1.807, 2.05) is 66.7 Å². The van der Waals surface area contributed by atoms with Crippen molar-refractivity contribution >= 4 is 40.7 Å². The minimum Gasteiger partial charge on any atom is -0.455 e. The third-order valence-corrected chi connectivity index (χ3v) is 5.45. The molecule has 5 nitrogen and oxygen atoms in total. The smallest absolute Gasteiger partial charge is 0.239 e. The van der Waals surface area contributed by atoms with Gasteiger partial charge in [0.15, 0.2) is 5.17 Å². The predicted octanol–water partition coefficient (Wildman–Crippen LogP) is 4.76. The number of nitrogens with one attached hydrogen (secondary N) is 1. The van der Waals surface area contributed by atoms with Gasteiger partial charge in [0.25, 0.3) is 0 Å². The highest BCUT2D eigenvalue weighted by atomic mass is 35.5. The topological polar surface area (TPSA) is 67.0 Å². The minimum absolute atomic E-state index is 0.0502. The molecule has 1 fully saturated rings. The molecule has 4 rings (SSSR count). The summed E-state index contributed by atoms with van der Waals surface area (Å²) in [5.41, 5.74) is 2.04. The van der Waals surface area contributed by atoms with Crippen molar-refractivity contribution in [1.82, 2.24) is 5.32 Å². The molecule has 1 N–H and O–H groups in total. The van der Waals surface area contributed by atoms with Gasteiger partial charge in [-0.1, -0.05) is 53.7 Å². The molecule has 28 heavy (non-hydrogen) atoms. The number of benzene rings is 2. The second-order valence-corrected chi connectivity index (χ2v) is 7.77. The van der Waals surface area contributed by atoms with Gasteiger partial charge in [-0.2, -0.15) is 5.10 Å². The molecule has 2 heterocycles. The van der Waals surface area contributed by atoms with Crippen LogP contribution in [0, 0.1) is 0 Å². The second-order valence-electron chi connectivity index (χ2n) is 6.14. The van der Waals surface area contributed by atoms with Crippen LogP contribution in [0.2, 0.25) is 5.02 Å². The van der Waals surface area contributed by atoms with E-state index in [1.165, 1.54) is 18.0 Å². The Labute approximate surface area is 171 Å². The number of amides is 1. The monoisotopic (exact) mass is 409 g/mol. The Kier molecular flexibility index (Phi) is 5.60. The first-order valence-electron chi connectivity index (χ1n) is 8.65. The number of hydrogen-bond donors (Lipinski definition) is 1. The maximum atomic E-state index is 12.1. The molecule has 1 aliphatic rings. The lowest BCUT2D eigenvalue weighted by atomic mass is 10.1. The molecule has 7 heteroatoms. The van der Waals surface area contributed by atoms with E-state index in [1.54, 1.807) is 0 Å². The van der Waals surface area contributed by atoms with Crippen LogP contribution in [0.4, 0.5) is 0 Å². The van der Waals surface area contributed by atoms with E-state index >= 15 is 0 Å². The summed E-state index contributed by atoms with van der Waals surface area (Å²) in [6.45, 7) is 0. The van der Waals surface area contributed by atoms with Gasteiger partial charge >= 0.3 is 0 Å². The van der Waals surface area contributed by atoms with E-state index in [4.69, 9.17) is 16.0 Å². The fourth-order valence-corrected chi connectivity index (χ4v) is 3.84. The van der Waals surface area contributed by atoms with Crippen LogP contribution in [0.5, 0.6) is 0 Å². The zero-order chi connectivity index (χ0) is 19.3. The maximum Gasteiger partial charge on any atom is 0.239 e. The summed E-state index contributed by atoms with van der Waals surface area (Å²) in [5, 5.41) is 11.9. The Hall–Kier alpha value is -2.83. The average Bonchev–Trinajstić information content (AvgIpc) is 3.30. The van der Waals surface area contributed by atoms with Crippen molar-refractivity contribution in [2.24, 2.45) is 10.2 Å². The molecule has 1 atom stereocenters. The fraction of sp³-hybridized carbons (Fsp3) is 0.0952. The molecule has 0 unspecified atom stereocenters. The van der Waals surface area contributed by atoms with Crippen molar-refractivity contribution < 1.29 is 9.21 Å². The number of rotatable bonds is 5. The first kappa shape index (κ1) is 18.5. The van der Waals surface area contributed by atoms with Crippen LogP contribution in [0.3, 0.4) is 0 Å². The second kappa shape index (κ2) is 8.46. The number of carbonyl (C=O) groups is 1. The number of thioether (sulfide) groups is 1. The highest BCUT2D eigenvalue weighted by Crippen LogP contribution is 2.24. The lowest BCUT2D eigenvalue weighted by Gasteiger charge is -2.04. The Bertz CT molecular complexity index is 1030. The minimum atomic E-state index is -0.198. The fourth-order valence-electron chi connectivity index (χ4n) is 2.74. The summed E-state index contributed by atoms with van der Waals surface area (Å²) in [7, 11) is 0. The van der Waals surface area contributed by atoms with E-state index in [2.05, 4.69) is 15.5 Å². The first-order valence-corrected chi connectivity index (χ1v) is 9.91. The Morgan fingerprint density at radius 2 is 1.86 bits per heavy atom. The molecule has 2 aromatic carbocycles. The third-order valence-electron chi connectivity index (χ3n) is 4.13. The van der Waals surface area contributed by atoms with Gasteiger partial charge in [-0.25, -0.2) is 0 Å². The van der Waals surface area contributed by atoms with Gasteiger partial charge in [-0.15, -0.1) is 5.10 Å². The van der Waals surface area contributed by atoms with Gasteiger partial charge in [0.1, 0.15) is 11.5 Å². The largest absolute Gasteiger partial charge is 0.455 e. The van der Waals surface area contributed by atoms with Crippen molar-refractivity contribution in [3.8, 4) is 11.3 Å². The number of nitrogens with zero attached hydrogens (tertiary/aromatic N) is 2. The van der Waals surface area contributed by atoms with Crippen molar-refractivity contribution in [3.63, 3.8) is 0 Å². The quantitative estimate of drug-likeness (QED) is 0.487. The highest BCUT2D eigenvalue weighted by Gasteiger charge is 2.30. The number of furan rings is 1. The molecular weight excluding hydrogens is 394 g/mol. The van der Waals surface area contributed by atoms with Crippen molar-refractivity contribution in [2.45, 2.75) is 11.7 Å².